The van der Waals surface area contributed by atoms with Crippen molar-refractivity contribution in [3.05, 3.63) is 0 Å². The van der Waals surface area contributed by atoms with Crippen LogP contribution in [0.4, 0.5) is 13.2 Å². The minimum Gasteiger partial charge on any atom is -0.480 e. The number of carbonyl (C=O) groups excluding carboxylic acids is 1. The number of nitrogens with zero attached hydrogens (tertiary/aromatic N) is 1. The highest BCUT2D eigenvalue weighted by Gasteiger charge is 2.49. The first kappa shape index (κ1) is 13.7. The second-order valence-corrected chi connectivity index (χ2v) is 5.65. The van der Waals surface area contributed by atoms with Crippen LogP contribution in [0.15, 0.2) is 0 Å². The van der Waals surface area contributed by atoms with E-state index in [0.29, 0.717) is 0 Å². The lowest BCUT2D eigenvalue weighted by molar-refractivity contribution is -0.189. The van der Waals surface area contributed by atoms with E-state index in [4.69, 9.17) is 5.11 Å². The Morgan fingerprint density at radius 1 is 1.29 bits per heavy atom. The molecule has 1 aliphatic heterocycles. The highest BCUT2D eigenvalue weighted by molar-refractivity contribution is 7.91. The summed E-state index contributed by atoms with van der Waals surface area (Å²) in [4.78, 5) is 21.4. The summed E-state index contributed by atoms with van der Waals surface area (Å²) in [5.74, 6) is -5.88. The van der Waals surface area contributed by atoms with Crippen molar-refractivity contribution in [2.24, 2.45) is 0 Å². The van der Waals surface area contributed by atoms with Crippen LogP contribution in [0.1, 0.15) is 6.42 Å². The Bertz CT molecular complexity index is 443. The molecule has 10 heteroatoms. The van der Waals surface area contributed by atoms with E-state index in [1.807, 2.05) is 0 Å². The molecule has 0 aromatic carbocycles. The van der Waals surface area contributed by atoms with Crippen LogP contribution < -0.4 is 0 Å². The molecule has 1 amide bonds. The van der Waals surface area contributed by atoms with Crippen molar-refractivity contribution < 1.29 is 36.3 Å². The Hall–Kier alpha value is -1.32. The summed E-state index contributed by atoms with van der Waals surface area (Å²) in [5, 5.41) is 8.64. The van der Waals surface area contributed by atoms with Crippen molar-refractivity contribution in [3.8, 4) is 0 Å². The largest absolute Gasteiger partial charge is 0.480 e. The Balaban J connectivity index is 3.05. The summed E-state index contributed by atoms with van der Waals surface area (Å²) in [6, 6.07) is -1.76. The predicted molar refractivity (Wildman–Crippen MR) is 47.6 cm³/mol. The van der Waals surface area contributed by atoms with Gasteiger partial charge in [0, 0.05) is 0 Å². The highest BCUT2D eigenvalue weighted by Crippen LogP contribution is 2.24. The molecule has 6 nitrogen and oxygen atoms in total. The molecule has 0 aliphatic carbocycles. The lowest BCUT2D eigenvalue weighted by Gasteiger charge is -2.32. The van der Waals surface area contributed by atoms with Crippen LogP contribution in [-0.2, 0) is 19.4 Å². The lowest BCUT2D eigenvalue weighted by Crippen LogP contribution is -2.55. The SMILES string of the molecule is O=C(O)C1CCS(=O)(=O)CN1C(=O)C(F)(F)F. The maximum atomic E-state index is 12.1. The van der Waals surface area contributed by atoms with E-state index in [0.717, 1.165) is 0 Å². The van der Waals surface area contributed by atoms with Gasteiger partial charge in [0.05, 0.1) is 5.75 Å². The normalized spacial score (nSPS) is 24.4. The van der Waals surface area contributed by atoms with Crippen molar-refractivity contribution in [2.75, 3.05) is 11.6 Å². The third-order valence-corrected chi connectivity index (χ3v) is 3.73. The van der Waals surface area contributed by atoms with Gasteiger partial charge in [0.25, 0.3) is 0 Å². The molecule has 0 aromatic rings. The number of aliphatic carboxylic acids is 1. The average molecular weight is 275 g/mol. The Labute approximate surface area is 93.9 Å². The molecule has 1 atom stereocenters. The molecule has 0 bridgehead atoms. The molecule has 1 heterocycles. The monoisotopic (exact) mass is 275 g/mol. The van der Waals surface area contributed by atoms with Crippen molar-refractivity contribution in [1.82, 2.24) is 4.90 Å². The average Bonchev–Trinajstić information content (AvgIpc) is 2.13. The zero-order valence-electron chi connectivity index (χ0n) is 8.27. The van der Waals surface area contributed by atoms with Gasteiger partial charge in [-0.15, -0.1) is 0 Å². The van der Waals surface area contributed by atoms with E-state index < -0.39 is 52.0 Å². The maximum Gasteiger partial charge on any atom is 0.471 e. The van der Waals surface area contributed by atoms with Gasteiger partial charge in [-0.2, -0.15) is 13.2 Å². The summed E-state index contributed by atoms with van der Waals surface area (Å²) < 4.78 is 58.6. The van der Waals surface area contributed by atoms with E-state index in [1.54, 1.807) is 0 Å². The van der Waals surface area contributed by atoms with Crippen LogP contribution in [0.5, 0.6) is 0 Å². The number of hydrogen-bond donors (Lipinski definition) is 1. The molecule has 1 saturated heterocycles. The zero-order chi connectivity index (χ0) is 13.4. The standard InChI is InChI=1S/C7H8F3NO5S/c8-7(9,10)6(14)11-3-17(15,16)2-1-4(11)5(12)13/h4H,1-3H2,(H,12,13). The van der Waals surface area contributed by atoms with Crippen LogP contribution in [0, 0.1) is 0 Å². The molecule has 98 valence electrons. The summed E-state index contributed by atoms with van der Waals surface area (Å²) in [6.07, 6.45) is -5.83. The molecule has 0 radical (unpaired) electrons. The summed E-state index contributed by atoms with van der Waals surface area (Å²) in [6.45, 7) is 0. The van der Waals surface area contributed by atoms with Crippen molar-refractivity contribution in [2.45, 2.75) is 18.6 Å². The van der Waals surface area contributed by atoms with Gasteiger partial charge in [-0.1, -0.05) is 0 Å². The molecule has 1 unspecified atom stereocenters. The number of carboxylic acid groups (broad SMARTS) is 1. The second kappa shape index (κ2) is 4.17. The molecule has 0 aromatic heterocycles. The van der Waals surface area contributed by atoms with Gasteiger partial charge in [0.15, 0.2) is 9.84 Å². The number of rotatable bonds is 1. The summed E-state index contributed by atoms with van der Waals surface area (Å²) >= 11 is 0. The van der Waals surface area contributed by atoms with E-state index in [1.165, 1.54) is 0 Å². The third kappa shape index (κ3) is 3.08. The number of alkyl halides is 3. The first-order valence-electron chi connectivity index (χ1n) is 4.35. The van der Waals surface area contributed by atoms with Crippen LogP contribution in [-0.4, -0.2) is 54.1 Å². The smallest absolute Gasteiger partial charge is 0.471 e. The van der Waals surface area contributed by atoms with Crippen LogP contribution in [0.25, 0.3) is 0 Å². The molecular weight excluding hydrogens is 267 g/mol. The minimum atomic E-state index is -5.29. The molecule has 1 aliphatic rings. The van der Waals surface area contributed by atoms with Crippen LogP contribution in [0.2, 0.25) is 0 Å². The van der Waals surface area contributed by atoms with Gasteiger partial charge in [0.2, 0.25) is 0 Å². The van der Waals surface area contributed by atoms with Gasteiger partial charge >= 0.3 is 18.1 Å². The van der Waals surface area contributed by atoms with Crippen LogP contribution >= 0.6 is 0 Å². The number of carboxylic acids is 1. The number of halogens is 3. The van der Waals surface area contributed by atoms with E-state index in [9.17, 15) is 31.2 Å². The summed E-state index contributed by atoms with van der Waals surface area (Å²) in [7, 11) is -3.86. The second-order valence-electron chi connectivity index (χ2n) is 3.49. The van der Waals surface area contributed by atoms with Crippen LogP contribution in [0.3, 0.4) is 0 Å². The molecule has 1 rings (SSSR count). The summed E-state index contributed by atoms with van der Waals surface area (Å²) in [5.41, 5.74) is 0. The Morgan fingerprint density at radius 2 is 1.82 bits per heavy atom. The van der Waals surface area contributed by atoms with Crippen molar-refractivity contribution in [3.63, 3.8) is 0 Å². The number of amides is 1. The fourth-order valence-electron chi connectivity index (χ4n) is 1.43. The fourth-order valence-corrected chi connectivity index (χ4v) is 2.87. The number of sulfone groups is 1. The van der Waals surface area contributed by atoms with Gasteiger partial charge in [-0.3, -0.25) is 4.79 Å². The maximum absolute atomic E-state index is 12.1. The lowest BCUT2D eigenvalue weighted by atomic mass is 10.2. The van der Waals surface area contributed by atoms with E-state index >= 15 is 0 Å². The highest BCUT2D eigenvalue weighted by atomic mass is 32.2. The molecule has 1 N–H and O–H groups in total. The van der Waals surface area contributed by atoms with Crippen molar-refractivity contribution in [1.29, 1.82) is 0 Å². The fraction of sp³-hybridized carbons (Fsp3) is 0.714. The molecule has 17 heavy (non-hydrogen) atoms. The van der Waals surface area contributed by atoms with Gasteiger partial charge < -0.3 is 10.0 Å². The van der Waals surface area contributed by atoms with E-state index in [2.05, 4.69) is 0 Å². The van der Waals surface area contributed by atoms with Crippen molar-refractivity contribution >= 4 is 21.7 Å². The third-order valence-electron chi connectivity index (χ3n) is 2.20. The molecule has 1 fully saturated rings. The van der Waals surface area contributed by atoms with Gasteiger partial charge in [0.1, 0.15) is 11.9 Å². The molecule has 0 saturated carbocycles. The quantitative estimate of drug-likeness (QED) is 0.703. The first-order chi connectivity index (χ1) is 7.54. The molecular formula is C7H8F3NO5S. The first-order valence-corrected chi connectivity index (χ1v) is 6.18. The number of carbonyl (C=O) groups is 2. The Kier molecular flexibility index (Phi) is 3.37. The minimum absolute atomic E-state index is 0.166. The molecule has 0 spiro atoms. The zero-order valence-corrected chi connectivity index (χ0v) is 9.08. The van der Waals surface area contributed by atoms with E-state index in [-0.39, 0.29) is 4.90 Å². The van der Waals surface area contributed by atoms with Gasteiger partial charge in [-0.05, 0) is 6.42 Å². The Morgan fingerprint density at radius 3 is 2.24 bits per heavy atom. The topological polar surface area (TPSA) is 91.8 Å². The number of hydrogen-bond acceptors (Lipinski definition) is 4. The van der Waals surface area contributed by atoms with Gasteiger partial charge in [-0.25, -0.2) is 13.2 Å². The predicted octanol–water partition coefficient (Wildman–Crippen LogP) is -0.394.